The number of carboxylic acids is 1. The number of aliphatic carboxylic acids is 1. The molecule has 1 aromatic rings. The second-order valence-electron chi connectivity index (χ2n) is 6.21. The molecule has 1 aliphatic carbocycles. The van der Waals surface area contributed by atoms with Crippen molar-refractivity contribution in [3.63, 3.8) is 0 Å². The number of fused-ring (bicyclic) bond motifs is 1. The summed E-state index contributed by atoms with van der Waals surface area (Å²) in [7, 11) is 0. The van der Waals surface area contributed by atoms with Gasteiger partial charge >= 0.3 is 5.97 Å². The Hall–Kier alpha value is -1.61. The zero-order valence-electron chi connectivity index (χ0n) is 12.3. The van der Waals surface area contributed by atoms with Crippen LogP contribution in [0.15, 0.2) is 36.4 Å². The summed E-state index contributed by atoms with van der Waals surface area (Å²) in [6, 6.07) is 10.4. The molecule has 3 heteroatoms. The molecule has 3 atom stereocenters. The number of carboxylic acid groups (broad SMARTS) is 1. The van der Waals surface area contributed by atoms with Gasteiger partial charge in [0.1, 0.15) is 6.04 Å². The first kappa shape index (κ1) is 14.3. The van der Waals surface area contributed by atoms with Crippen LogP contribution in [-0.4, -0.2) is 34.6 Å². The SMILES string of the molecule is O=C(O)[C@@H]1C[C@@H]2CCCC[C@H]2N1C/C=C/c1ccccc1. The fourth-order valence-corrected chi connectivity index (χ4v) is 3.93. The predicted octanol–water partition coefficient (Wildman–Crippen LogP) is 3.42. The van der Waals surface area contributed by atoms with Gasteiger partial charge in [0.05, 0.1) is 0 Å². The lowest BCUT2D eigenvalue weighted by molar-refractivity contribution is -0.142. The first-order valence-electron chi connectivity index (χ1n) is 7.96. The van der Waals surface area contributed by atoms with Crippen LogP contribution in [0.5, 0.6) is 0 Å². The molecule has 112 valence electrons. The third kappa shape index (κ3) is 3.18. The molecule has 21 heavy (non-hydrogen) atoms. The molecule has 1 N–H and O–H groups in total. The van der Waals surface area contributed by atoms with Crippen molar-refractivity contribution in [2.45, 2.75) is 44.2 Å². The minimum Gasteiger partial charge on any atom is -0.480 e. The quantitative estimate of drug-likeness (QED) is 0.921. The molecule has 0 bridgehead atoms. The van der Waals surface area contributed by atoms with E-state index in [-0.39, 0.29) is 6.04 Å². The molecule has 1 saturated carbocycles. The number of benzene rings is 1. The Kier molecular flexibility index (Phi) is 4.39. The lowest BCUT2D eigenvalue weighted by Crippen LogP contribution is -2.42. The van der Waals surface area contributed by atoms with Gasteiger partial charge in [-0.15, -0.1) is 0 Å². The third-order valence-corrected chi connectivity index (χ3v) is 4.93. The minimum atomic E-state index is -0.655. The first-order valence-corrected chi connectivity index (χ1v) is 7.96. The Morgan fingerprint density at radius 3 is 2.76 bits per heavy atom. The zero-order valence-corrected chi connectivity index (χ0v) is 12.3. The average Bonchev–Trinajstić information content (AvgIpc) is 2.88. The maximum absolute atomic E-state index is 11.5. The van der Waals surface area contributed by atoms with Crippen molar-refractivity contribution in [1.29, 1.82) is 0 Å². The summed E-state index contributed by atoms with van der Waals surface area (Å²) < 4.78 is 0. The van der Waals surface area contributed by atoms with Gasteiger partial charge in [-0.2, -0.15) is 0 Å². The summed E-state index contributed by atoms with van der Waals surface area (Å²) in [5.74, 6) is -0.0671. The van der Waals surface area contributed by atoms with E-state index in [1.165, 1.54) is 24.8 Å². The summed E-state index contributed by atoms with van der Waals surface area (Å²) >= 11 is 0. The topological polar surface area (TPSA) is 40.5 Å². The number of rotatable bonds is 4. The largest absolute Gasteiger partial charge is 0.480 e. The first-order chi connectivity index (χ1) is 10.3. The number of likely N-dealkylation sites (tertiary alicyclic amines) is 1. The summed E-state index contributed by atoms with van der Waals surface area (Å²) in [5, 5.41) is 9.48. The van der Waals surface area contributed by atoms with E-state index in [0.717, 1.165) is 19.4 Å². The fraction of sp³-hybridized carbons (Fsp3) is 0.500. The second kappa shape index (κ2) is 6.44. The Morgan fingerprint density at radius 2 is 2.00 bits per heavy atom. The summed E-state index contributed by atoms with van der Waals surface area (Å²) in [4.78, 5) is 13.7. The van der Waals surface area contributed by atoms with E-state index in [1.807, 2.05) is 18.2 Å². The molecule has 2 fully saturated rings. The van der Waals surface area contributed by atoms with Crippen LogP contribution in [0.3, 0.4) is 0 Å². The molecule has 1 heterocycles. The summed E-state index contributed by atoms with van der Waals surface area (Å²) in [5.41, 5.74) is 1.17. The van der Waals surface area contributed by atoms with Crippen LogP contribution in [0, 0.1) is 5.92 Å². The van der Waals surface area contributed by atoms with Crippen LogP contribution in [0.2, 0.25) is 0 Å². The monoisotopic (exact) mass is 285 g/mol. The van der Waals surface area contributed by atoms with Gasteiger partial charge in [-0.05, 0) is 30.7 Å². The van der Waals surface area contributed by atoms with Crippen LogP contribution >= 0.6 is 0 Å². The van der Waals surface area contributed by atoms with Crippen LogP contribution in [0.25, 0.3) is 6.08 Å². The highest BCUT2D eigenvalue weighted by molar-refractivity contribution is 5.74. The van der Waals surface area contributed by atoms with E-state index in [9.17, 15) is 9.90 Å². The Labute approximate surface area is 126 Å². The fourth-order valence-electron chi connectivity index (χ4n) is 3.93. The van der Waals surface area contributed by atoms with Gasteiger partial charge in [0.15, 0.2) is 0 Å². The Bertz CT molecular complexity index is 511. The van der Waals surface area contributed by atoms with Crippen LogP contribution in [0.1, 0.15) is 37.7 Å². The van der Waals surface area contributed by atoms with Gasteiger partial charge < -0.3 is 5.11 Å². The van der Waals surface area contributed by atoms with Gasteiger partial charge in [-0.3, -0.25) is 9.69 Å². The van der Waals surface area contributed by atoms with E-state index in [1.54, 1.807) is 0 Å². The lowest BCUT2D eigenvalue weighted by Gasteiger charge is -2.32. The van der Waals surface area contributed by atoms with Crippen molar-refractivity contribution >= 4 is 12.0 Å². The molecule has 1 saturated heterocycles. The number of nitrogens with zero attached hydrogens (tertiary/aromatic N) is 1. The molecule has 0 amide bonds. The highest BCUT2D eigenvalue weighted by Crippen LogP contribution is 2.39. The molecule has 0 spiro atoms. The average molecular weight is 285 g/mol. The van der Waals surface area contributed by atoms with Gasteiger partial charge in [0, 0.05) is 12.6 Å². The Morgan fingerprint density at radius 1 is 1.24 bits per heavy atom. The summed E-state index contributed by atoms with van der Waals surface area (Å²) in [6.07, 6.45) is 9.91. The van der Waals surface area contributed by atoms with Crippen molar-refractivity contribution in [2.24, 2.45) is 5.92 Å². The molecule has 2 aliphatic rings. The van der Waals surface area contributed by atoms with Crippen molar-refractivity contribution in [1.82, 2.24) is 4.90 Å². The number of carbonyl (C=O) groups is 1. The van der Waals surface area contributed by atoms with E-state index in [4.69, 9.17) is 0 Å². The Balaban J connectivity index is 1.69. The lowest BCUT2D eigenvalue weighted by atomic mass is 9.85. The zero-order chi connectivity index (χ0) is 14.7. The normalized spacial score (nSPS) is 29.6. The van der Waals surface area contributed by atoms with Crippen LogP contribution in [0.4, 0.5) is 0 Å². The molecule has 3 nitrogen and oxygen atoms in total. The van der Waals surface area contributed by atoms with Crippen molar-refractivity contribution in [3.8, 4) is 0 Å². The molecule has 0 aromatic heterocycles. The van der Waals surface area contributed by atoms with E-state index in [0.29, 0.717) is 12.0 Å². The van der Waals surface area contributed by atoms with Gasteiger partial charge in [0.25, 0.3) is 0 Å². The molecular formula is C18H23NO2. The third-order valence-electron chi connectivity index (χ3n) is 4.93. The van der Waals surface area contributed by atoms with Gasteiger partial charge in [0.2, 0.25) is 0 Å². The number of hydrogen-bond donors (Lipinski definition) is 1. The van der Waals surface area contributed by atoms with Crippen LogP contribution < -0.4 is 0 Å². The van der Waals surface area contributed by atoms with E-state index in [2.05, 4.69) is 29.2 Å². The predicted molar refractivity (Wildman–Crippen MR) is 84.0 cm³/mol. The van der Waals surface area contributed by atoms with Gasteiger partial charge in [-0.1, -0.05) is 55.3 Å². The highest BCUT2D eigenvalue weighted by atomic mass is 16.4. The van der Waals surface area contributed by atoms with E-state index >= 15 is 0 Å². The standard InChI is InChI=1S/C18H23NO2/c20-18(21)17-13-15-10-4-5-11-16(15)19(17)12-6-9-14-7-2-1-3-8-14/h1-3,6-9,15-17H,4-5,10-13H2,(H,20,21)/b9-6+/t15-,16+,17-/m0/s1. The number of hydrogen-bond acceptors (Lipinski definition) is 2. The molecule has 0 unspecified atom stereocenters. The molecule has 1 aromatic carbocycles. The van der Waals surface area contributed by atoms with Crippen molar-refractivity contribution < 1.29 is 9.90 Å². The molecule has 1 aliphatic heterocycles. The minimum absolute atomic E-state index is 0.293. The maximum atomic E-state index is 11.5. The van der Waals surface area contributed by atoms with E-state index < -0.39 is 5.97 Å². The van der Waals surface area contributed by atoms with Gasteiger partial charge in [-0.25, -0.2) is 0 Å². The smallest absolute Gasteiger partial charge is 0.320 e. The van der Waals surface area contributed by atoms with Crippen LogP contribution in [-0.2, 0) is 4.79 Å². The van der Waals surface area contributed by atoms with Crippen molar-refractivity contribution in [2.75, 3.05) is 6.54 Å². The molecule has 0 radical (unpaired) electrons. The maximum Gasteiger partial charge on any atom is 0.320 e. The molecular weight excluding hydrogens is 262 g/mol. The summed E-state index contributed by atoms with van der Waals surface area (Å²) in [6.45, 7) is 0.743. The highest BCUT2D eigenvalue weighted by Gasteiger charge is 2.44. The molecule has 3 rings (SSSR count). The van der Waals surface area contributed by atoms with Crippen molar-refractivity contribution in [3.05, 3.63) is 42.0 Å². The second-order valence-corrected chi connectivity index (χ2v) is 6.21.